The van der Waals surface area contributed by atoms with Crippen LogP contribution in [0.1, 0.15) is 26.7 Å². The lowest BCUT2D eigenvalue weighted by Gasteiger charge is -2.20. The molecule has 2 unspecified atom stereocenters. The number of nitrogens with zero attached hydrogens (tertiary/aromatic N) is 1. The van der Waals surface area contributed by atoms with Crippen LogP contribution in [0.3, 0.4) is 0 Å². The van der Waals surface area contributed by atoms with Crippen molar-refractivity contribution < 1.29 is 17.9 Å². The van der Waals surface area contributed by atoms with Gasteiger partial charge in [-0.25, -0.2) is 0 Å². The Morgan fingerprint density at radius 2 is 2.00 bits per heavy atom. The van der Waals surface area contributed by atoms with Gasteiger partial charge in [-0.05, 0) is 12.8 Å². The number of primary amides is 1. The number of nitrogens with two attached hydrogens (primary N) is 1. The lowest BCUT2D eigenvalue weighted by Crippen LogP contribution is -2.43. The van der Waals surface area contributed by atoms with Crippen LogP contribution >= 0.6 is 0 Å². The number of hydrogen-bond donors (Lipinski definition) is 2. The van der Waals surface area contributed by atoms with Crippen LogP contribution in [0.15, 0.2) is 0 Å². The molecule has 3 N–H and O–H groups in total. The molecular formula is C10H21N3O4S. The molecule has 0 aromatic rings. The Kier molecular flexibility index (Phi) is 5.51. The Morgan fingerprint density at radius 1 is 1.39 bits per heavy atom. The average molecular weight is 279 g/mol. The first-order valence-electron chi connectivity index (χ1n) is 6.10. The number of rotatable bonds is 7. The molecule has 0 aromatic carbocycles. The van der Waals surface area contributed by atoms with Gasteiger partial charge in [0.2, 0.25) is 5.91 Å². The number of amides is 1. The molecule has 1 amide bonds. The molecule has 18 heavy (non-hydrogen) atoms. The van der Waals surface area contributed by atoms with E-state index >= 15 is 0 Å². The maximum absolute atomic E-state index is 11.8. The molecule has 0 aliphatic carbocycles. The van der Waals surface area contributed by atoms with Gasteiger partial charge < -0.3 is 10.5 Å². The number of carbonyl (C=O) groups excluding carboxylic acids is 1. The first kappa shape index (κ1) is 15.4. The zero-order valence-electron chi connectivity index (χ0n) is 10.8. The van der Waals surface area contributed by atoms with Crippen LogP contribution in [-0.4, -0.2) is 50.5 Å². The summed E-state index contributed by atoms with van der Waals surface area (Å²) in [6.07, 6.45) is 0.308. The van der Waals surface area contributed by atoms with Crippen molar-refractivity contribution in [1.29, 1.82) is 0 Å². The third-order valence-corrected chi connectivity index (χ3v) is 4.69. The lowest BCUT2D eigenvalue weighted by molar-refractivity contribution is -0.128. The average Bonchev–Trinajstić information content (AvgIpc) is 2.76. The molecular weight excluding hydrogens is 258 g/mol. The second-order valence-electron chi connectivity index (χ2n) is 4.16. The second kappa shape index (κ2) is 6.46. The van der Waals surface area contributed by atoms with Gasteiger partial charge in [0, 0.05) is 19.6 Å². The topological polar surface area (TPSA) is 102 Å². The fourth-order valence-electron chi connectivity index (χ4n) is 1.92. The molecule has 0 bridgehead atoms. The quantitative estimate of drug-likeness (QED) is 0.636. The normalized spacial score (nSPS) is 24.6. The van der Waals surface area contributed by atoms with Crippen molar-refractivity contribution in [3.8, 4) is 0 Å². The molecule has 0 spiro atoms. The number of carbonyl (C=O) groups is 1. The first-order chi connectivity index (χ1) is 8.40. The highest BCUT2D eigenvalue weighted by Gasteiger charge is 2.30. The van der Waals surface area contributed by atoms with Crippen molar-refractivity contribution in [2.45, 2.75) is 38.9 Å². The summed E-state index contributed by atoms with van der Waals surface area (Å²) in [6.45, 7) is 4.56. The van der Waals surface area contributed by atoms with E-state index in [1.165, 1.54) is 4.31 Å². The molecule has 7 nitrogen and oxygen atoms in total. The fourth-order valence-corrected chi connectivity index (χ4v) is 3.18. The predicted octanol–water partition coefficient (Wildman–Crippen LogP) is -0.804. The fraction of sp³-hybridized carbons (Fsp3) is 0.900. The van der Waals surface area contributed by atoms with Crippen LogP contribution < -0.4 is 10.5 Å². The SMILES string of the molecule is CCN(CC)S(=O)(=O)NCC1CCC(C(N)=O)O1. The Morgan fingerprint density at radius 3 is 2.44 bits per heavy atom. The van der Waals surface area contributed by atoms with Gasteiger partial charge in [-0.1, -0.05) is 13.8 Å². The van der Waals surface area contributed by atoms with Crippen LogP contribution in [0.5, 0.6) is 0 Å². The van der Waals surface area contributed by atoms with Gasteiger partial charge in [-0.2, -0.15) is 17.4 Å². The third kappa shape index (κ3) is 3.91. The van der Waals surface area contributed by atoms with E-state index in [2.05, 4.69) is 4.72 Å². The van der Waals surface area contributed by atoms with Crippen molar-refractivity contribution in [2.75, 3.05) is 19.6 Å². The van der Waals surface area contributed by atoms with Gasteiger partial charge in [0.05, 0.1) is 6.10 Å². The molecule has 106 valence electrons. The Bertz CT molecular complexity index is 381. The molecule has 8 heteroatoms. The largest absolute Gasteiger partial charge is 0.367 e. The van der Waals surface area contributed by atoms with Gasteiger partial charge >= 0.3 is 0 Å². The zero-order chi connectivity index (χ0) is 13.8. The highest BCUT2D eigenvalue weighted by atomic mass is 32.2. The third-order valence-electron chi connectivity index (χ3n) is 2.96. The maximum atomic E-state index is 11.8. The van der Waals surface area contributed by atoms with Gasteiger partial charge in [-0.15, -0.1) is 0 Å². The summed E-state index contributed by atoms with van der Waals surface area (Å²) >= 11 is 0. The van der Waals surface area contributed by atoms with E-state index in [1.54, 1.807) is 13.8 Å². The van der Waals surface area contributed by atoms with Crippen LogP contribution in [-0.2, 0) is 19.7 Å². The smallest absolute Gasteiger partial charge is 0.279 e. The van der Waals surface area contributed by atoms with E-state index in [-0.39, 0.29) is 12.6 Å². The van der Waals surface area contributed by atoms with Crippen molar-refractivity contribution in [3.05, 3.63) is 0 Å². The van der Waals surface area contributed by atoms with E-state index in [0.717, 1.165) is 0 Å². The maximum Gasteiger partial charge on any atom is 0.279 e. The molecule has 2 atom stereocenters. The molecule has 1 fully saturated rings. The first-order valence-corrected chi connectivity index (χ1v) is 7.54. The van der Waals surface area contributed by atoms with E-state index in [0.29, 0.717) is 25.9 Å². The van der Waals surface area contributed by atoms with Gasteiger partial charge in [0.1, 0.15) is 6.10 Å². The lowest BCUT2D eigenvalue weighted by atomic mass is 10.2. The molecule has 1 rings (SSSR count). The van der Waals surface area contributed by atoms with Crippen LogP contribution in [0.2, 0.25) is 0 Å². The molecule has 0 saturated carbocycles. The molecule has 1 aliphatic heterocycles. The number of nitrogens with one attached hydrogen (secondary N) is 1. The van der Waals surface area contributed by atoms with Crippen molar-refractivity contribution in [2.24, 2.45) is 5.73 Å². The van der Waals surface area contributed by atoms with Crippen molar-refractivity contribution in [3.63, 3.8) is 0 Å². The summed E-state index contributed by atoms with van der Waals surface area (Å²) in [6, 6.07) is 0. The van der Waals surface area contributed by atoms with Gasteiger partial charge in [0.25, 0.3) is 10.2 Å². The van der Waals surface area contributed by atoms with Crippen LogP contribution in [0.25, 0.3) is 0 Å². The number of hydrogen-bond acceptors (Lipinski definition) is 4. The van der Waals surface area contributed by atoms with E-state index in [4.69, 9.17) is 10.5 Å². The minimum absolute atomic E-state index is 0.169. The summed E-state index contributed by atoms with van der Waals surface area (Å²) < 4.78 is 32.8. The predicted molar refractivity (Wildman–Crippen MR) is 66.9 cm³/mol. The van der Waals surface area contributed by atoms with E-state index in [9.17, 15) is 13.2 Å². The molecule has 1 aliphatic rings. The monoisotopic (exact) mass is 279 g/mol. The van der Waals surface area contributed by atoms with Crippen LogP contribution in [0.4, 0.5) is 0 Å². The highest BCUT2D eigenvalue weighted by molar-refractivity contribution is 7.87. The van der Waals surface area contributed by atoms with Gasteiger partial charge in [0.15, 0.2) is 0 Å². The summed E-state index contributed by atoms with van der Waals surface area (Å²) in [5, 5.41) is 0. The Labute approximate surface area is 108 Å². The zero-order valence-corrected chi connectivity index (χ0v) is 11.6. The molecule has 0 aromatic heterocycles. The molecule has 0 radical (unpaired) electrons. The summed E-state index contributed by atoms with van der Waals surface area (Å²) in [7, 11) is -3.46. The summed E-state index contributed by atoms with van der Waals surface area (Å²) in [4.78, 5) is 10.9. The highest BCUT2D eigenvalue weighted by Crippen LogP contribution is 2.18. The standard InChI is InChI=1S/C10H21N3O4S/c1-3-13(4-2)18(15,16)12-7-8-5-6-9(17-8)10(11)14/h8-9,12H,3-7H2,1-2H3,(H2,11,14). The van der Waals surface area contributed by atoms with Crippen molar-refractivity contribution in [1.82, 2.24) is 9.03 Å². The van der Waals surface area contributed by atoms with E-state index in [1.807, 2.05) is 0 Å². The number of ether oxygens (including phenoxy) is 1. The minimum atomic E-state index is -3.46. The molecule has 1 heterocycles. The molecule has 1 saturated heterocycles. The van der Waals surface area contributed by atoms with Crippen molar-refractivity contribution >= 4 is 16.1 Å². The summed E-state index contributed by atoms with van der Waals surface area (Å²) in [5.41, 5.74) is 5.12. The second-order valence-corrected chi connectivity index (χ2v) is 5.92. The Balaban J connectivity index is 2.44. The Hall–Kier alpha value is -0.700. The van der Waals surface area contributed by atoms with Crippen LogP contribution in [0, 0.1) is 0 Å². The van der Waals surface area contributed by atoms with Gasteiger partial charge in [-0.3, -0.25) is 4.79 Å². The minimum Gasteiger partial charge on any atom is -0.367 e. The summed E-state index contributed by atoms with van der Waals surface area (Å²) in [5.74, 6) is -0.496. The van der Waals surface area contributed by atoms with E-state index < -0.39 is 22.2 Å².